The fourth-order valence-electron chi connectivity index (χ4n) is 1.79. The Kier molecular flexibility index (Phi) is 5.69. The molecule has 0 aliphatic rings. The zero-order valence-corrected chi connectivity index (χ0v) is 12.3. The van der Waals surface area contributed by atoms with Crippen LogP contribution in [-0.4, -0.2) is 12.5 Å². The molecule has 0 bridgehead atoms. The largest absolute Gasteiger partial charge is 0.352 e. The van der Waals surface area contributed by atoms with Crippen LogP contribution in [-0.2, 0) is 0 Å². The van der Waals surface area contributed by atoms with Crippen LogP contribution in [0.5, 0.6) is 0 Å². The van der Waals surface area contributed by atoms with Crippen LogP contribution in [0.4, 0.5) is 0 Å². The lowest BCUT2D eigenvalue weighted by atomic mass is 10.0. The molecule has 0 aliphatic heterocycles. The van der Waals surface area contributed by atoms with Gasteiger partial charge >= 0.3 is 0 Å². The second kappa shape index (κ2) is 6.80. The summed E-state index contributed by atoms with van der Waals surface area (Å²) in [5, 5.41) is 3.01. The zero-order chi connectivity index (χ0) is 12.8. The summed E-state index contributed by atoms with van der Waals surface area (Å²) in [6, 6.07) is 5.73. The van der Waals surface area contributed by atoms with Gasteiger partial charge in [0.25, 0.3) is 5.91 Å². The summed E-state index contributed by atoms with van der Waals surface area (Å²) < 4.78 is 1.01. The molecule has 0 heterocycles. The van der Waals surface area contributed by atoms with Gasteiger partial charge < -0.3 is 5.32 Å². The molecular weight excluding hydrogens is 278 g/mol. The summed E-state index contributed by atoms with van der Waals surface area (Å²) >= 11 is 3.40. The number of carbonyl (C=O) groups is 1. The highest BCUT2D eigenvalue weighted by Gasteiger charge is 2.10. The lowest BCUT2D eigenvalue weighted by Crippen LogP contribution is -2.29. The molecule has 0 radical (unpaired) electrons. The number of benzene rings is 1. The van der Waals surface area contributed by atoms with E-state index in [-0.39, 0.29) is 5.91 Å². The Labute approximate surface area is 112 Å². The van der Waals surface area contributed by atoms with Crippen LogP contribution in [0.3, 0.4) is 0 Å². The maximum absolute atomic E-state index is 12.0. The van der Waals surface area contributed by atoms with Crippen molar-refractivity contribution in [2.75, 3.05) is 6.54 Å². The average molecular weight is 298 g/mol. The summed E-state index contributed by atoms with van der Waals surface area (Å²) in [5.41, 5.74) is 1.76. The number of halogens is 1. The SMILES string of the molecule is CCC(CC)CNC(=O)c1ccc(Br)cc1C. The third-order valence-electron chi connectivity index (χ3n) is 3.14. The number of amides is 1. The van der Waals surface area contributed by atoms with Gasteiger partial charge in [-0.05, 0) is 36.6 Å². The van der Waals surface area contributed by atoms with Crippen LogP contribution in [0.25, 0.3) is 0 Å². The van der Waals surface area contributed by atoms with Crippen LogP contribution in [0.15, 0.2) is 22.7 Å². The Morgan fingerprint density at radius 2 is 2.00 bits per heavy atom. The Bertz CT molecular complexity index is 386. The van der Waals surface area contributed by atoms with Crippen LogP contribution < -0.4 is 5.32 Å². The van der Waals surface area contributed by atoms with E-state index in [2.05, 4.69) is 35.1 Å². The third-order valence-corrected chi connectivity index (χ3v) is 3.63. The third kappa shape index (κ3) is 4.15. The van der Waals surface area contributed by atoms with E-state index in [9.17, 15) is 4.79 Å². The smallest absolute Gasteiger partial charge is 0.251 e. The first-order chi connectivity index (χ1) is 8.08. The van der Waals surface area contributed by atoms with Crippen molar-refractivity contribution in [2.45, 2.75) is 33.6 Å². The molecular formula is C14H20BrNO. The Balaban J connectivity index is 2.64. The molecule has 0 saturated heterocycles. The van der Waals surface area contributed by atoms with E-state index in [1.54, 1.807) is 0 Å². The monoisotopic (exact) mass is 297 g/mol. The van der Waals surface area contributed by atoms with Gasteiger partial charge in [-0.2, -0.15) is 0 Å². The molecule has 2 nitrogen and oxygen atoms in total. The second-order valence-corrected chi connectivity index (χ2v) is 5.27. The number of rotatable bonds is 5. The lowest BCUT2D eigenvalue weighted by molar-refractivity contribution is 0.0946. The molecule has 17 heavy (non-hydrogen) atoms. The minimum atomic E-state index is 0.0295. The van der Waals surface area contributed by atoms with E-state index < -0.39 is 0 Å². The van der Waals surface area contributed by atoms with Gasteiger partial charge in [0, 0.05) is 16.6 Å². The minimum absolute atomic E-state index is 0.0295. The first-order valence-electron chi connectivity index (χ1n) is 6.12. The second-order valence-electron chi connectivity index (χ2n) is 4.35. The number of carbonyl (C=O) groups excluding carboxylic acids is 1. The first kappa shape index (κ1) is 14.2. The van der Waals surface area contributed by atoms with Gasteiger partial charge in [0.05, 0.1) is 0 Å². The average Bonchev–Trinajstić information content (AvgIpc) is 2.30. The topological polar surface area (TPSA) is 29.1 Å². The summed E-state index contributed by atoms with van der Waals surface area (Å²) in [4.78, 5) is 12.0. The molecule has 1 N–H and O–H groups in total. The Morgan fingerprint density at radius 1 is 1.35 bits per heavy atom. The van der Waals surface area contributed by atoms with Gasteiger partial charge in [0.2, 0.25) is 0 Å². The van der Waals surface area contributed by atoms with Crippen molar-refractivity contribution in [3.63, 3.8) is 0 Å². The van der Waals surface area contributed by atoms with Gasteiger partial charge in [-0.1, -0.05) is 42.6 Å². The molecule has 0 saturated carbocycles. The lowest BCUT2D eigenvalue weighted by Gasteiger charge is -2.14. The number of nitrogens with one attached hydrogen (secondary N) is 1. The molecule has 1 aromatic rings. The van der Waals surface area contributed by atoms with Gasteiger partial charge in [0.1, 0.15) is 0 Å². The van der Waals surface area contributed by atoms with Crippen LogP contribution in [0.2, 0.25) is 0 Å². The van der Waals surface area contributed by atoms with Crippen molar-refractivity contribution in [2.24, 2.45) is 5.92 Å². The van der Waals surface area contributed by atoms with Crippen LogP contribution >= 0.6 is 15.9 Å². The van der Waals surface area contributed by atoms with Crippen molar-refractivity contribution in [1.82, 2.24) is 5.32 Å². The van der Waals surface area contributed by atoms with E-state index in [1.165, 1.54) is 0 Å². The van der Waals surface area contributed by atoms with Gasteiger partial charge in [-0.3, -0.25) is 4.79 Å². The quantitative estimate of drug-likeness (QED) is 0.877. The van der Waals surface area contributed by atoms with E-state index in [4.69, 9.17) is 0 Å². The van der Waals surface area contributed by atoms with Crippen molar-refractivity contribution < 1.29 is 4.79 Å². The molecule has 0 atom stereocenters. The van der Waals surface area contributed by atoms with Gasteiger partial charge in [-0.25, -0.2) is 0 Å². The molecule has 0 fully saturated rings. The van der Waals surface area contributed by atoms with Gasteiger partial charge in [-0.15, -0.1) is 0 Å². The molecule has 94 valence electrons. The fourth-order valence-corrected chi connectivity index (χ4v) is 2.27. The highest BCUT2D eigenvalue weighted by molar-refractivity contribution is 9.10. The summed E-state index contributed by atoms with van der Waals surface area (Å²) in [6.07, 6.45) is 2.21. The van der Waals surface area contributed by atoms with Crippen LogP contribution in [0, 0.1) is 12.8 Å². The molecule has 1 amide bonds. The summed E-state index contributed by atoms with van der Waals surface area (Å²) in [6.45, 7) is 7.04. The highest BCUT2D eigenvalue weighted by atomic mass is 79.9. The van der Waals surface area contributed by atoms with E-state index >= 15 is 0 Å². The van der Waals surface area contributed by atoms with E-state index in [0.29, 0.717) is 5.92 Å². The predicted octanol–water partition coefficient (Wildman–Crippen LogP) is 3.92. The molecule has 0 aromatic heterocycles. The maximum Gasteiger partial charge on any atom is 0.251 e. The van der Waals surface area contributed by atoms with E-state index in [1.807, 2.05) is 25.1 Å². The molecule has 0 unspecified atom stereocenters. The van der Waals surface area contributed by atoms with Crippen molar-refractivity contribution in [3.8, 4) is 0 Å². The minimum Gasteiger partial charge on any atom is -0.352 e. The molecule has 0 spiro atoms. The zero-order valence-electron chi connectivity index (χ0n) is 10.7. The number of hydrogen-bond acceptors (Lipinski definition) is 1. The van der Waals surface area contributed by atoms with Crippen molar-refractivity contribution in [3.05, 3.63) is 33.8 Å². The Morgan fingerprint density at radius 3 is 2.53 bits per heavy atom. The first-order valence-corrected chi connectivity index (χ1v) is 6.92. The predicted molar refractivity (Wildman–Crippen MR) is 75.3 cm³/mol. The van der Waals surface area contributed by atoms with Crippen LogP contribution in [0.1, 0.15) is 42.6 Å². The fraction of sp³-hybridized carbons (Fsp3) is 0.500. The highest BCUT2D eigenvalue weighted by Crippen LogP contribution is 2.16. The van der Waals surface area contributed by atoms with E-state index in [0.717, 1.165) is 35.0 Å². The normalized spacial score (nSPS) is 10.6. The summed E-state index contributed by atoms with van der Waals surface area (Å²) in [7, 11) is 0. The van der Waals surface area contributed by atoms with Gasteiger partial charge in [0.15, 0.2) is 0 Å². The Hall–Kier alpha value is -0.830. The van der Waals surface area contributed by atoms with Crippen molar-refractivity contribution >= 4 is 21.8 Å². The number of aryl methyl sites for hydroxylation is 1. The molecule has 1 rings (SSSR count). The number of hydrogen-bond donors (Lipinski definition) is 1. The molecule has 0 aliphatic carbocycles. The molecule has 1 aromatic carbocycles. The summed E-state index contributed by atoms with van der Waals surface area (Å²) in [5.74, 6) is 0.608. The van der Waals surface area contributed by atoms with Crippen molar-refractivity contribution in [1.29, 1.82) is 0 Å². The maximum atomic E-state index is 12.0. The molecule has 3 heteroatoms. The standard InChI is InChI=1S/C14H20BrNO/c1-4-11(5-2)9-16-14(17)13-7-6-12(15)8-10(13)3/h6-8,11H,4-5,9H2,1-3H3,(H,16,17).